The van der Waals surface area contributed by atoms with Crippen molar-refractivity contribution in [1.82, 2.24) is 15.5 Å². The second-order valence-corrected chi connectivity index (χ2v) is 8.23. The Bertz CT molecular complexity index is 1030. The van der Waals surface area contributed by atoms with Gasteiger partial charge in [0.25, 0.3) is 11.6 Å². The number of ether oxygens (including phenoxy) is 2. The van der Waals surface area contributed by atoms with Crippen molar-refractivity contribution in [3.8, 4) is 0 Å². The number of hydrogen-bond acceptors (Lipinski definition) is 8. The molecule has 0 bridgehead atoms. The smallest absolute Gasteiger partial charge is 0.352 e. The molecule has 5 N–H and O–H groups in total. The molecular formula is C20H22N4O8S. The summed E-state index contributed by atoms with van der Waals surface area (Å²) >= 11 is 1.13. The summed E-state index contributed by atoms with van der Waals surface area (Å²) < 4.78 is 10.3. The van der Waals surface area contributed by atoms with Gasteiger partial charge in [-0.1, -0.05) is 30.3 Å². The number of benzene rings is 1. The molecule has 2 aliphatic rings. The number of nitrogens with two attached hydrogens (primary N) is 1. The minimum Gasteiger partial charge on any atom is -0.477 e. The maximum absolute atomic E-state index is 13.1. The van der Waals surface area contributed by atoms with Crippen molar-refractivity contribution in [3.05, 3.63) is 47.2 Å². The summed E-state index contributed by atoms with van der Waals surface area (Å²) in [7, 11) is 1.20. The van der Waals surface area contributed by atoms with E-state index in [9.17, 15) is 29.1 Å². The van der Waals surface area contributed by atoms with Crippen LogP contribution >= 0.6 is 11.8 Å². The zero-order chi connectivity index (χ0) is 24.3. The van der Waals surface area contributed by atoms with Crippen LogP contribution in [0.15, 0.2) is 41.6 Å². The van der Waals surface area contributed by atoms with Gasteiger partial charge >= 0.3 is 18.0 Å². The van der Waals surface area contributed by atoms with Gasteiger partial charge in [-0.05, 0) is 5.56 Å². The van der Waals surface area contributed by atoms with Crippen molar-refractivity contribution in [2.45, 2.75) is 24.1 Å². The van der Waals surface area contributed by atoms with Gasteiger partial charge < -0.3 is 30.9 Å². The van der Waals surface area contributed by atoms with E-state index in [2.05, 4.69) is 10.6 Å². The molecule has 0 aromatic heterocycles. The summed E-state index contributed by atoms with van der Waals surface area (Å²) in [5.41, 5.74) is 3.66. The molecule has 1 unspecified atom stereocenters. The number of nitrogens with one attached hydrogen (secondary N) is 2. The monoisotopic (exact) mass is 478 g/mol. The number of amides is 4. The maximum atomic E-state index is 13.1. The van der Waals surface area contributed by atoms with Gasteiger partial charge in [0.15, 0.2) is 0 Å². The van der Waals surface area contributed by atoms with Crippen LogP contribution in [0, 0.1) is 0 Å². The number of methoxy groups -OCH3 is 1. The van der Waals surface area contributed by atoms with E-state index in [1.165, 1.54) is 14.0 Å². The quantitative estimate of drug-likeness (QED) is 0.221. The molecule has 3 atom stereocenters. The van der Waals surface area contributed by atoms with Crippen molar-refractivity contribution in [1.29, 1.82) is 0 Å². The van der Waals surface area contributed by atoms with Crippen molar-refractivity contribution in [2.24, 2.45) is 5.73 Å². The minimum absolute atomic E-state index is 0.117. The predicted molar refractivity (Wildman–Crippen MR) is 114 cm³/mol. The molecule has 0 aliphatic carbocycles. The number of carbonyl (C=O) groups excluding carboxylic acids is 4. The van der Waals surface area contributed by atoms with E-state index in [0.717, 1.165) is 16.7 Å². The third-order valence-corrected chi connectivity index (χ3v) is 6.45. The van der Waals surface area contributed by atoms with Crippen LogP contribution in [0.2, 0.25) is 0 Å². The second kappa shape index (κ2) is 9.50. The van der Waals surface area contributed by atoms with E-state index in [-0.39, 0.29) is 23.6 Å². The van der Waals surface area contributed by atoms with E-state index in [1.807, 2.05) is 0 Å². The fourth-order valence-electron chi connectivity index (χ4n) is 3.59. The SMILES string of the molecule is CO[C@]1(NC(=O)C(NC(N)=O)c2ccccc2)C(=O)N2C(C(=O)O)=C(COC(C)=O)CS[C@@H]21. The molecular weight excluding hydrogens is 456 g/mol. The Labute approximate surface area is 192 Å². The van der Waals surface area contributed by atoms with Gasteiger partial charge in [-0.2, -0.15) is 0 Å². The molecule has 1 saturated heterocycles. The van der Waals surface area contributed by atoms with Crippen LogP contribution in [-0.4, -0.2) is 70.4 Å². The molecule has 1 fully saturated rings. The van der Waals surface area contributed by atoms with E-state index in [0.29, 0.717) is 5.56 Å². The zero-order valence-corrected chi connectivity index (χ0v) is 18.5. The highest BCUT2D eigenvalue weighted by Crippen LogP contribution is 2.46. The second-order valence-electron chi connectivity index (χ2n) is 7.16. The Hall–Kier alpha value is -3.58. The van der Waals surface area contributed by atoms with Crippen molar-refractivity contribution in [2.75, 3.05) is 19.5 Å². The molecule has 12 nitrogen and oxygen atoms in total. The van der Waals surface area contributed by atoms with Crippen LogP contribution < -0.4 is 16.4 Å². The number of carboxylic acids is 1. The lowest BCUT2D eigenvalue weighted by Crippen LogP contribution is -2.81. The topological polar surface area (TPSA) is 177 Å². The van der Waals surface area contributed by atoms with Crippen LogP contribution in [0.1, 0.15) is 18.5 Å². The number of aliphatic carboxylic acids is 1. The Morgan fingerprint density at radius 1 is 1.30 bits per heavy atom. The van der Waals surface area contributed by atoms with E-state index >= 15 is 0 Å². The molecule has 1 aromatic carbocycles. The highest BCUT2D eigenvalue weighted by molar-refractivity contribution is 8.00. The fourth-order valence-corrected chi connectivity index (χ4v) is 5.01. The lowest BCUT2D eigenvalue weighted by atomic mass is 9.97. The Morgan fingerprint density at radius 3 is 2.52 bits per heavy atom. The molecule has 3 rings (SSSR count). The first kappa shape index (κ1) is 24.1. The third kappa shape index (κ3) is 4.50. The molecule has 176 valence electrons. The summed E-state index contributed by atoms with van der Waals surface area (Å²) in [6.07, 6.45) is 0. The number of rotatable bonds is 8. The number of urea groups is 1. The largest absolute Gasteiger partial charge is 0.477 e. The number of β-lactam (4-membered cyclic amide) rings is 1. The first-order chi connectivity index (χ1) is 15.6. The number of esters is 1. The van der Waals surface area contributed by atoms with Gasteiger partial charge in [-0.3, -0.25) is 19.3 Å². The minimum atomic E-state index is -1.87. The lowest BCUT2D eigenvalue weighted by molar-refractivity contribution is -0.193. The summed E-state index contributed by atoms with van der Waals surface area (Å²) in [6.45, 7) is 0.898. The number of nitrogens with zero attached hydrogens (tertiary/aromatic N) is 1. The number of fused-ring (bicyclic) bond motifs is 1. The van der Waals surface area contributed by atoms with Gasteiger partial charge in [0, 0.05) is 25.4 Å². The Balaban J connectivity index is 1.89. The fraction of sp³-hybridized carbons (Fsp3) is 0.350. The Kier molecular flexibility index (Phi) is 6.93. The molecule has 2 heterocycles. The molecule has 33 heavy (non-hydrogen) atoms. The summed E-state index contributed by atoms with van der Waals surface area (Å²) in [6, 6.07) is 6.05. The van der Waals surface area contributed by atoms with Crippen molar-refractivity contribution in [3.63, 3.8) is 0 Å². The molecule has 0 radical (unpaired) electrons. The standard InChI is InChI=1S/C20H22N4O8S/c1-10(25)32-8-12-9-33-18-20(31-2,17(29)24(18)14(12)16(27)28)23-15(26)13(22-19(21)30)11-6-4-3-5-7-11/h3-7,13,18H,8-9H2,1-2H3,(H,23,26)(H,27,28)(H3,21,22,30)/t13?,18-,20-/m1/s1. The highest BCUT2D eigenvalue weighted by atomic mass is 32.2. The zero-order valence-electron chi connectivity index (χ0n) is 17.7. The van der Waals surface area contributed by atoms with Gasteiger partial charge in [0.2, 0.25) is 5.91 Å². The first-order valence-electron chi connectivity index (χ1n) is 9.64. The Morgan fingerprint density at radius 2 is 1.97 bits per heavy atom. The molecule has 0 saturated carbocycles. The van der Waals surface area contributed by atoms with Gasteiger partial charge in [0.05, 0.1) is 0 Å². The molecule has 0 spiro atoms. The van der Waals surface area contributed by atoms with Gasteiger partial charge in [-0.15, -0.1) is 11.8 Å². The van der Waals surface area contributed by atoms with Crippen LogP contribution in [0.3, 0.4) is 0 Å². The van der Waals surface area contributed by atoms with Crippen LogP contribution in [0.25, 0.3) is 0 Å². The van der Waals surface area contributed by atoms with Crippen molar-refractivity contribution < 1.29 is 38.6 Å². The number of carbonyl (C=O) groups is 5. The van der Waals surface area contributed by atoms with Gasteiger partial charge in [-0.25, -0.2) is 9.59 Å². The third-order valence-electron chi connectivity index (χ3n) is 5.07. The molecule has 1 aromatic rings. The number of thioether (sulfide) groups is 1. The number of hydrogen-bond donors (Lipinski definition) is 4. The van der Waals surface area contributed by atoms with E-state index in [1.54, 1.807) is 30.3 Å². The summed E-state index contributed by atoms with van der Waals surface area (Å²) in [5.74, 6) is -3.46. The molecule has 13 heteroatoms. The lowest BCUT2D eigenvalue weighted by Gasteiger charge is -2.55. The average Bonchev–Trinajstić information content (AvgIpc) is 2.78. The normalized spacial score (nSPS) is 22.5. The van der Waals surface area contributed by atoms with Crippen molar-refractivity contribution >= 4 is 41.5 Å². The highest BCUT2D eigenvalue weighted by Gasteiger charge is 2.67. The summed E-state index contributed by atoms with van der Waals surface area (Å²) in [4.78, 5) is 61.7. The van der Waals surface area contributed by atoms with Crippen LogP contribution in [-0.2, 0) is 28.7 Å². The first-order valence-corrected chi connectivity index (χ1v) is 10.7. The van der Waals surface area contributed by atoms with Crippen LogP contribution in [0.4, 0.5) is 4.79 Å². The number of carboxylic acid groups (broad SMARTS) is 1. The van der Waals surface area contributed by atoms with Crippen LogP contribution in [0.5, 0.6) is 0 Å². The maximum Gasteiger partial charge on any atom is 0.352 e. The average molecular weight is 478 g/mol. The molecule has 2 aliphatic heterocycles. The van der Waals surface area contributed by atoms with Gasteiger partial charge in [0.1, 0.15) is 23.7 Å². The van der Waals surface area contributed by atoms with E-state index in [4.69, 9.17) is 15.2 Å². The van der Waals surface area contributed by atoms with E-state index < -0.39 is 46.9 Å². The number of primary amides is 1. The predicted octanol–water partition coefficient (Wildman–Crippen LogP) is -0.328. The summed E-state index contributed by atoms with van der Waals surface area (Å²) in [5, 5.41) is 13.6. The molecule has 4 amide bonds.